The normalized spacial score (nSPS) is 17.1. The second kappa shape index (κ2) is 8.70. The Kier molecular flexibility index (Phi) is 6.32. The maximum Gasteiger partial charge on any atom is 0.245 e. The molecule has 0 unspecified atom stereocenters. The van der Waals surface area contributed by atoms with E-state index in [1.807, 2.05) is 24.3 Å². The van der Waals surface area contributed by atoms with E-state index in [-0.39, 0.29) is 18.0 Å². The third-order valence-corrected chi connectivity index (χ3v) is 5.41. The lowest BCUT2D eigenvalue weighted by atomic mass is 9.99. The van der Waals surface area contributed by atoms with Crippen LogP contribution in [-0.2, 0) is 17.8 Å². The Labute approximate surface area is 163 Å². The van der Waals surface area contributed by atoms with E-state index < -0.39 is 0 Å². The Morgan fingerprint density at radius 2 is 2.04 bits per heavy atom. The molecule has 1 atom stereocenters. The van der Waals surface area contributed by atoms with Crippen molar-refractivity contribution in [2.45, 2.75) is 58.7 Å². The summed E-state index contributed by atoms with van der Waals surface area (Å²) in [6, 6.07) is 10.5. The molecule has 146 valence electrons. The molecule has 5 heteroatoms. The second-order valence-electron chi connectivity index (χ2n) is 7.80. The van der Waals surface area contributed by atoms with E-state index in [2.05, 4.69) is 59.5 Å². The van der Waals surface area contributed by atoms with Crippen molar-refractivity contribution in [2.24, 2.45) is 0 Å². The Morgan fingerprint density at radius 3 is 2.70 bits per heavy atom. The highest BCUT2D eigenvalue weighted by Crippen LogP contribution is 2.33. The fourth-order valence-corrected chi connectivity index (χ4v) is 3.84. The van der Waals surface area contributed by atoms with Crippen molar-refractivity contribution in [1.29, 1.82) is 0 Å². The Hall–Kier alpha value is -2.14. The van der Waals surface area contributed by atoms with E-state index in [9.17, 15) is 4.79 Å². The van der Waals surface area contributed by atoms with Crippen molar-refractivity contribution in [3.05, 3.63) is 53.6 Å². The van der Waals surface area contributed by atoms with Crippen molar-refractivity contribution in [2.75, 3.05) is 20.1 Å². The molecule has 0 bridgehead atoms. The molecule has 0 spiro atoms. The molecule has 2 aromatic rings. The van der Waals surface area contributed by atoms with Crippen molar-refractivity contribution in [1.82, 2.24) is 19.4 Å². The molecule has 0 fully saturated rings. The molecule has 3 rings (SSSR count). The lowest BCUT2D eigenvalue weighted by Crippen LogP contribution is -2.46. The van der Waals surface area contributed by atoms with Crippen molar-refractivity contribution < 1.29 is 4.79 Å². The first-order chi connectivity index (χ1) is 13.0. The molecule has 0 N–H and O–H groups in total. The quantitative estimate of drug-likeness (QED) is 0.746. The lowest BCUT2D eigenvalue weighted by Gasteiger charge is -2.37. The van der Waals surface area contributed by atoms with Gasteiger partial charge in [0.15, 0.2) is 0 Å². The molecule has 5 nitrogen and oxygen atoms in total. The lowest BCUT2D eigenvalue weighted by molar-refractivity contribution is -0.137. The number of nitrogens with zero attached hydrogens (tertiary/aromatic N) is 4. The van der Waals surface area contributed by atoms with Gasteiger partial charge in [-0.3, -0.25) is 9.69 Å². The first kappa shape index (κ1) is 19.6. The van der Waals surface area contributed by atoms with Crippen LogP contribution in [0.4, 0.5) is 0 Å². The maximum absolute atomic E-state index is 13.5. The predicted molar refractivity (Wildman–Crippen MR) is 108 cm³/mol. The standard InChI is InChI=1S/C22H32N4O/c1-5-6-13-24(4)22(27)21-20-19(23-16-26(20)17(2)3)12-14-25(21)15-18-10-8-7-9-11-18/h7-11,16-17,21H,5-6,12-15H2,1-4H3/t21-/m1/s1. The Morgan fingerprint density at radius 1 is 1.30 bits per heavy atom. The molecule has 1 amide bonds. The van der Waals surface area contributed by atoms with Crippen LogP contribution >= 0.6 is 0 Å². The summed E-state index contributed by atoms with van der Waals surface area (Å²) in [4.78, 5) is 22.3. The number of benzene rings is 1. The fraction of sp³-hybridized carbons (Fsp3) is 0.545. The predicted octanol–water partition coefficient (Wildman–Crippen LogP) is 3.82. The third kappa shape index (κ3) is 4.24. The molecule has 1 aliphatic rings. The van der Waals surface area contributed by atoms with Gasteiger partial charge in [0.05, 0.1) is 17.7 Å². The van der Waals surface area contributed by atoms with Crippen LogP contribution in [0.3, 0.4) is 0 Å². The first-order valence-corrected chi connectivity index (χ1v) is 10.1. The zero-order valence-corrected chi connectivity index (χ0v) is 17.1. The summed E-state index contributed by atoms with van der Waals surface area (Å²) >= 11 is 0. The largest absolute Gasteiger partial charge is 0.344 e. The van der Waals surface area contributed by atoms with E-state index in [0.29, 0.717) is 0 Å². The van der Waals surface area contributed by atoms with Gasteiger partial charge < -0.3 is 9.47 Å². The molecule has 0 radical (unpaired) electrons. The molecule has 0 saturated carbocycles. The van der Waals surface area contributed by atoms with Crippen LogP contribution in [-0.4, -0.2) is 45.4 Å². The van der Waals surface area contributed by atoms with Gasteiger partial charge in [-0.15, -0.1) is 0 Å². The van der Waals surface area contributed by atoms with Gasteiger partial charge in [0.2, 0.25) is 5.91 Å². The molecule has 0 saturated heterocycles. The van der Waals surface area contributed by atoms with Crippen molar-refractivity contribution in [3.63, 3.8) is 0 Å². The van der Waals surface area contributed by atoms with E-state index in [1.54, 1.807) is 0 Å². The summed E-state index contributed by atoms with van der Waals surface area (Å²) in [7, 11) is 1.93. The molecule has 2 heterocycles. The Bertz CT molecular complexity index is 753. The van der Waals surface area contributed by atoms with E-state index in [0.717, 1.165) is 50.3 Å². The minimum atomic E-state index is -0.263. The van der Waals surface area contributed by atoms with Crippen LogP contribution < -0.4 is 0 Å². The fourth-order valence-electron chi connectivity index (χ4n) is 3.84. The average molecular weight is 369 g/mol. The van der Waals surface area contributed by atoms with E-state index in [4.69, 9.17) is 0 Å². The number of imidazole rings is 1. The van der Waals surface area contributed by atoms with E-state index >= 15 is 0 Å². The summed E-state index contributed by atoms with van der Waals surface area (Å²) in [5, 5.41) is 0. The number of aromatic nitrogens is 2. The number of rotatable bonds is 7. The number of carbonyl (C=O) groups excluding carboxylic acids is 1. The average Bonchev–Trinajstić information content (AvgIpc) is 3.10. The summed E-state index contributed by atoms with van der Waals surface area (Å²) in [5.41, 5.74) is 3.40. The number of amides is 1. The number of hydrogen-bond donors (Lipinski definition) is 0. The van der Waals surface area contributed by atoms with Crippen molar-refractivity contribution >= 4 is 5.91 Å². The topological polar surface area (TPSA) is 41.4 Å². The van der Waals surface area contributed by atoms with Crippen LogP contribution in [0.2, 0.25) is 0 Å². The highest BCUT2D eigenvalue weighted by Gasteiger charge is 2.38. The van der Waals surface area contributed by atoms with E-state index in [1.165, 1.54) is 5.56 Å². The van der Waals surface area contributed by atoms with Crippen LogP contribution in [0, 0.1) is 0 Å². The maximum atomic E-state index is 13.5. The number of carbonyl (C=O) groups is 1. The minimum absolute atomic E-state index is 0.183. The Balaban J connectivity index is 1.95. The smallest absolute Gasteiger partial charge is 0.245 e. The van der Waals surface area contributed by atoms with Crippen LogP contribution in [0.15, 0.2) is 36.7 Å². The minimum Gasteiger partial charge on any atom is -0.344 e. The van der Waals surface area contributed by atoms with Crippen molar-refractivity contribution in [3.8, 4) is 0 Å². The first-order valence-electron chi connectivity index (χ1n) is 10.1. The zero-order chi connectivity index (χ0) is 19.4. The number of hydrogen-bond acceptors (Lipinski definition) is 3. The van der Waals surface area contributed by atoms with Gasteiger partial charge in [0.1, 0.15) is 6.04 Å². The third-order valence-electron chi connectivity index (χ3n) is 5.41. The van der Waals surface area contributed by atoms with Crippen LogP contribution in [0.1, 0.15) is 62.6 Å². The summed E-state index contributed by atoms with van der Waals surface area (Å²) < 4.78 is 2.18. The molecular formula is C22H32N4O. The second-order valence-corrected chi connectivity index (χ2v) is 7.80. The zero-order valence-electron chi connectivity index (χ0n) is 17.1. The molecular weight excluding hydrogens is 336 g/mol. The number of likely N-dealkylation sites (N-methyl/N-ethyl adjacent to an activating group) is 1. The van der Waals surface area contributed by atoms with Crippen LogP contribution in [0.5, 0.6) is 0 Å². The highest BCUT2D eigenvalue weighted by molar-refractivity contribution is 5.83. The van der Waals surface area contributed by atoms with Gasteiger partial charge in [-0.2, -0.15) is 0 Å². The summed E-state index contributed by atoms with van der Waals surface area (Å²) in [5.74, 6) is 0.183. The van der Waals surface area contributed by atoms with Gasteiger partial charge in [0.25, 0.3) is 0 Å². The number of unbranched alkanes of at least 4 members (excludes halogenated alkanes) is 1. The molecule has 1 aromatic heterocycles. The molecule has 27 heavy (non-hydrogen) atoms. The van der Waals surface area contributed by atoms with Crippen LogP contribution in [0.25, 0.3) is 0 Å². The monoisotopic (exact) mass is 368 g/mol. The SMILES string of the molecule is CCCCN(C)C(=O)[C@H]1c2c(ncn2C(C)C)CCN1Cc1ccccc1. The van der Waals surface area contributed by atoms with Gasteiger partial charge in [-0.1, -0.05) is 43.7 Å². The summed E-state index contributed by atoms with van der Waals surface area (Å²) in [6.07, 6.45) is 4.92. The van der Waals surface area contributed by atoms with Gasteiger partial charge in [-0.05, 0) is 25.8 Å². The molecule has 0 aliphatic carbocycles. The highest BCUT2D eigenvalue weighted by atomic mass is 16.2. The van der Waals surface area contributed by atoms with Gasteiger partial charge in [-0.25, -0.2) is 4.98 Å². The molecule has 1 aliphatic heterocycles. The molecule has 1 aromatic carbocycles. The summed E-state index contributed by atoms with van der Waals surface area (Å²) in [6.45, 7) is 8.90. The van der Waals surface area contributed by atoms with Gasteiger partial charge >= 0.3 is 0 Å². The van der Waals surface area contributed by atoms with Gasteiger partial charge in [0, 0.05) is 39.1 Å². The number of fused-ring (bicyclic) bond motifs is 1.